The monoisotopic (exact) mass is 302 g/mol. The van der Waals surface area contributed by atoms with Gasteiger partial charge in [0.1, 0.15) is 6.04 Å². The molecule has 0 aliphatic carbocycles. The number of carbonyl (C=O) groups is 3. The average molecular weight is 302 g/mol. The number of thiophene rings is 1. The van der Waals surface area contributed by atoms with Gasteiger partial charge >= 0.3 is 5.97 Å². The largest absolute Gasteiger partial charge is 0.480 e. The number of amides is 2. The molecule has 1 unspecified atom stereocenters. The number of nitrogens with two attached hydrogens (primary N) is 1. The second-order valence-electron chi connectivity index (χ2n) is 3.70. The van der Waals surface area contributed by atoms with Crippen molar-refractivity contribution in [3.05, 3.63) is 22.4 Å². The summed E-state index contributed by atoms with van der Waals surface area (Å²) in [7, 11) is 0. The number of thioether (sulfide) groups is 1. The first-order chi connectivity index (χ1) is 8.99. The van der Waals surface area contributed by atoms with Crippen LogP contribution in [0.2, 0.25) is 0 Å². The number of rotatable bonds is 8. The average Bonchev–Trinajstić information content (AvgIpc) is 2.80. The molecular weight excluding hydrogens is 288 g/mol. The highest BCUT2D eigenvalue weighted by Gasteiger charge is 2.21. The maximum atomic E-state index is 11.5. The molecule has 0 aromatic carbocycles. The molecule has 0 bridgehead atoms. The summed E-state index contributed by atoms with van der Waals surface area (Å²) in [5, 5.41) is 13.0. The van der Waals surface area contributed by atoms with Gasteiger partial charge in [0.05, 0.1) is 12.2 Å². The van der Waals surface area contributed by atoms with Gasteiger partial charge in [-0.05, 0) is 11.4 Å². The molecule has 0 aliphatic heterocycles. The molecule has 4 N–H and O–H groups in total. The third kappa shape index (κ3) is 6.25. The number of hydrogen-bond acceptors (Lipinski definition) is 5. The van der Waals surface area contributed by atoms with E-state index in [0.29, 0.717) is 5.75 Å². The van der Waals surface area contributed by atoms with E-state index in [0.717, 1.165) is 4.88 Å². The van der Waals surface area contributed by atoms with Gasteiger partial charge in [-0.15, -0.1) is 23.1 Å². The Bertz CT molecular complexity index is 448. The van der Waals surface area contributed by atoms with E-state index in [9.17, 15) is 14.4 Å². The molecule has 1 aromatic rings. The zero-order valence-corrected chi connectivity index (χ0v) is 11.6. The van der Waals surface area contributed by atoms with Gasteiger partial charge in [0, 0.05) is 10.6 Å². The Labute approximate surface area is 118 Å². The van der Waals surface area contributed by atoms with Gasteiger partial charge in [-0.25, -0.2) is 4.79 Å². The number of carboxylic acids is 1. The molecule has 0 saturated carbocycles. The highest BCUT2D eigenvalue weighted by Crippen LogP contribution is 2.16. The summed E-state index contributed by atoms with van der Waals surface area (Å²) >= 11 is 2.97. The van der Waals surface area contributed by atoms with Crippen LogP contribution in [0.25, 0.3) is 0 Å². The number of hydrogen-bond donors (Lipinski definition) is 3. The molecule has 1 heterocycles. The van der Waals surface area contributed by atoms with Gasteiger partial charge in [0.25, 0.3) is 0 Å². The predicted molar refractivity (Wildman–Crippen MR) is 73.9 cm³/mol. The molecule has 1 atom stereocenters. The van der Waals surface area contributed by atoms with Crippen molar-refractivity contribution < 1.29 is 19.5 Å². The number of aliphatic carboxylic acids is 1. The Morgan fingerprint density at radius 3 is 2.74 bits per heavy atom. The van der Waals surface area contributed by atoms with Crippen molar-refractivity contribution >= 4 is 40.9 Å². The van der Waals surface area contributed by atoms with Crippen LogP contribution in [0.15, 0.2) is 17.5 Å². The zero-order valence-electron chi connectivity index (χ0n) is 10.00. The summed E-state index contributed by atoms with van der Waals surface area (Å²) in [6, 6.07) is 2.63. The van der Waals surface area contributed by atoms with Crippen molar-refractivity contribution in [3.63, 3.8) is 0 Å². The Kier molecular flexibility index (Phi) is 6.37. The molecule has 0 spiro atoms. The summed E-state index contributed by atoms with van der Waals surface area (Å²) in [6.07, 6.45) is -0.406. The van der Waals surface area contributed by atoms with Crippen LogP contribution in [0.4, 0.5) is 0 Å². The van der Waals surface area contributed by atoms with Crippen molar-refractivity contribution in [2.45, 2.75) is 18.2 Å². The SMILES string of the molecule is NC(=O)CC(NC(=O)CSCc1cccs1)C(=O)O. The maximum absolute atomic E-state index is 11.5. The van der Waals surface area contributed by atoms with E-state index < -0.39 is 30.2 Å². The third-order valence-corrected chi connectivity index (χ3v) is 4.14. The van der Waals surface area contributed by atoms with E-state index in [4.69, 9.17) is 10.8 Å². The number of carboxylic acid groups (broad SMARTS) is 1. The van der Waals surface area contributed by atoms with E-state index >= 15 is 0 Å². The molecule has 0 fully saturated rings. The van der Waals surface area contributed by atoms with Crippen molar-refractivity contribution in [3.8, 4) is 0 Å². The first-order valence-electron chi connectivity index (χ1n) is 5.39. The fourth-order valence-electron chi connectivity index (χ4n) is 1.28. The molecular formula is C11H14N2O4S2. The minimum Gasteiger partial charge on any atom is -0.480 e. The summed E-state index contributed by atoms with van der Waals surface area (Å²) < 4.78 is 0. The molecule has 6 nitrogen and oxygen atoms in total. The van der Waals surface area contributed by atoms with Gasteiger partial charge in [-0.3, -0.25) is 9.59 Å². The third-order valence-electron chi connectivity index (χ3n) is 2.10. The number of nitrogens with one attached hydrogen (secondary N) is 1. The van der Waals surface area contributed by atoms with Crippen molar-refractivity contribution in [2.24, 2.45) is 5.73 Å². The minimum absolute atomic E-state index is 0.139. The highest BCUT2D eigenvalue weighted by atomic mass is 32.2. The van der Waals surface area contributed by atoms with Crippen LogP contribution >= 0.6 is 23.1 Å². The van der Waals surface area contributed by atoms with E-state index in [1.165, 1.54) is 11.8 Å². The van der Waals surface area contributed by atoms with Gasteiger partial charge in [0.2, 0.25) is 11.8 Å². The zero-order chi connectivity index (χ0) is 14.3. The van der Waals surface area contributed by atoms with Crippen LogP contribution in [0, 0.1) is 0 Å². The molecule has 8 heteroatoms. The first kappa shape index (κ1) is 15.5. The first-order valence-corrected chi connectivity index (χ1v) is 7.43. The maximum Gasteiger partial charge on any atom is 0.326 e. The fourth-order valence-corrected chi connectivity index (χ4v) is 2.96. The van der Waals surface area contributed by atoms with Crippen LogP contribution in [0.3, 0.4) is 0 Å². The molecule has 1 aromatic heterocycles. The quantitative estimate of drug-likeness (QED) is 0.645. The van der Waals surface area contributed by atoms with Crippen LogP contribution in [0.5, 0.6) is 0 Å². The Balaban J connectivity index is 2.32. The van der Waals surface area contributed by atoms with Crippen molar-refractivity contribution in [2.75, 3.05) is 5.75 Å². The van der Waals surface area contributed by atoms with E-state index in [2.05, 4.69) is 5.32 Å². The molecule has 2 amide bonds. The summed E-state index contributed by atoms with van der Waals surface area (Å²) in [6.45, 7) is 0. The van der Waals surface area contributed by atoms with Crippen LogP contribution in [-0.4, -0.2) is 34.7 Å². The summed E-state index contributed by atoms with van der Waals surface area (Å²) in [5.74, 6) is -1.62. The predicted octanol–water partition coefficient (Wildman–Crippen LogP) is 0.426. The molecule has 104 valence electrons. The van der Waals surface area contributed by atoms with E-state index in [-0.39, 0.29) is 5.75 Å². The lowest BCUT2D eigenvalue weighted by atomic mass is 10.2. The Morgan fingerprint density at radius 1 is 1.47 bits per heavy atom. The van der Waals surface area contributed by atoms with Crippen LogP contribution < -0.4 is 11.1 Å². The molecule has 0 saturated heterocycles. The van der Waals surface area contributed by atoms with Gasteiger partial charge in [-0.1, -0.05) is 6.07 Å². The lowest BCUT2D eigenvalue weighted by Gasteiger charge is -2.12. The van der Waals surface area contributed by atoms with Crippen molar-refractivity contribution in [1.82, 2.24) is 5.32 Å². The number of primary amides is 1. The van der Waals surface area contributed by atoms with Gasteiger partial charge in [0.15, 0.2) is 0 Å². The normalized spacial score (nSPS) is 11.8. The summed E-state index contributed by atoms with van der Waals surface area (Å²) in [4.78, 5) is 34.1. The standard InChI is InChI=1S/C11H14N2O4S2/c12-9(14)4-8(11(16)17)13-10(15)6-18-5-7-2-1-3-19-7/h1-3,8H,4-6H2,(H2,12,14)(H,13,15)(H,16,17). The van der Waals surface area contributed by atoms with E-state index in [1.807, 2.05) is 17.5 Å². The van der Waals surface area contributed by atoms with Gasteiger partial charge in [-0.2, -0.15) is 0 Å². The van der Waals surface area contributed by atoms with Crippen molar-refractivity contribution in [1.29, 1.82) is 0 Å². The summed E-state index contributed by atoms with van der Waals surface area (Å²) in [5.41, 5.74) is 4.91. The lowest BCUT2D eigenvalue weighted by molar-refractivity contribution is -0.143. The van der Waals surface area contributed by atoms with Gasteiger partial charge < -0.3 is 16.2 Å². The fraction of sp³-hybridized carbons (Fsp3) is 0.364. The van der Waals surface area contributed by atoms with Crippen LogP contribution in [-0.2, 0) is 20.1 Å². The molecule has 0 radical (unpaired) electrons. The Morgan fingerprint density at radius 2 is 2.21 bits per heavy atom. The highest BCUT2D eigenvalue weighted by molar-refractivity contribution is 7.99. The second kappa shape index (κ2) is 7.80. The smallest absolute Gasteiger partial charge is 0.326 e. The topological polar surface area (TPSA) is 109 Å². The lowest BCUT2D eigenvalue weighted by Crippen LogP contribution is -2.44. The van der Waals surface area contributed by atoms with E-state index in [1.54, 1.807) is 11.3 Å². The Hall–Kier alpha value is -1.54. The van der Waals surface area contributed by atoms with Crippen LogP contribution in [0.1, 0.15) is 11.3 Å². The second-order valence-corrected chi connectivity index (χ2v) is 5.72. The molecule has 1 rings (SSSR count). The number of carbonyl (C=O) groups excluding carboxylic acids is 2. The molecule has 19 heavy (non-hydrogen) atoms. The minimum atomic E-state index is -1.27. The molecule has 0 aliphatic rings.